The number of hydrogen-bond donors (Lipinski definition) is 2. The first-order valence-electron chi connectivity index (χ1n) is 18.2. The van der Waals surface area contributed by atoms with Crippen LogP contribution in [0.1, 0.15) is 97.1 Å². The molecule has 3 N–H and O–H groups in total. The maximum Gasteiger partial charge on any atom is 0.333 e. The summed E-state index contributed by atoms with van der Waals surface area (Å²) in [6.07, 6.45) is 4.13. The lowest BCUT2D eigenvalue weighted by Gasteiger charge is -2.44. The summed E-state index contributed by atoms with van der Waals surface area (Å²) < 4.78 is 43.3. The number of fused-ring (bicyclic) bond motifs is 2. The van der Waals surface area contributed by atoms with Gasteiger partial charge in [0.25, 0.3) is 0 Å². The normalized spacial score (nSPS) is 25.3. The molecule has 1 aromatic carbocycles. The van der Waals surface area contributed by atoms with Crippen molar-refractivity contribution in [3.63, 3.8) is 0 Å². The van der Waals surface area contributed by atoms with Gasteiger partial charge in [0.2, 0.25) is 31.3 Å². The predicted molar refractivity (Wildman–Crippen MR) is 202 cm³/mol. The number of rotatable bonds is 18. The summed E-state index contributed by atoms with van der Waals surface area (Å²) in [7, 11) is -3.75. The van der Waals surface area contributed by atoms with Crippen LogP contribution in [0.25, 0.3) is 0 Å². The minimum absolute atomic E-state index is 0. The maximum absolute atomic E-state index is 13.0. The number of unbranched alkanes of at least 4 members (excludes halogenated alkanes) is 5. The zero-order valence-corrected chi connectivity index (χ0v) is 34.1. The minimum Gasteiger partial charge on any atom is -0.428 e. The van der Waals surface area contributed by atoms with Gasteiger partial charge in [-0.15, -0.1) is 24.2 Å². The number of benzene rings is 1. The number of nitrogens with zero attached hydrogens (tertiary/aromatic N) is 2. The SMILES string of the molecule is CC1(C)S[C@@H]2[C@H](NC(=O)C(N)c3ccccc3)C(=O)N2[C@H]1C(=O)OCOC(=O)CCCCCCCCC(=O)OCOC(=O)[C@@H]1N2C(=O)C[C@H]2S(=O)(=O)C1(C)C.Cl. The number of esters is 4. The molecular weight excluding hydrogens is 796 g/mol. The van der Waals surface area contributed by atoms with Crippen LogP contribution in [-0.4, -0.2) is 112 Å². The summed E-state index contributed by atoms with van der Waals surface area (Å²) in [6.45, 7) is 5.05. The van der Waals surface area contributed by atoms with Crippen molar-refractivity contribution < 1.29 is 60.9 Å². The van der Waals surface area contributed by atoms with E-state index in [0.29, 0.717) is 24.8 Å². The number of carbonyl (C=O) groups excluding carboxylic acids is 7. The van der Waals surface area contributed by atoms with Gasteiger partial charge in [-0.1, -0.05) is 56.0 Å². The van der Waals surface area contributed by atoms with Crippen molar-refractivity contribution in [1.82, 2.24) is 15.1 Å². The molecule has 1 unspecified atom stereocenters. The Bertz CT molecular complexity index is 1800. The average Bonchev–Trinajstić information content (AvgIpc) is 3.46. The summed E-state index contributed by atoms with van der Waals surface area (Å²) in [5, 5.41) is 1.19. The molecule has 4 fully saturated rings. The van der Waals surface area contributed by atoms with Crippen molar-refractivity contribution >= 4 is 75.6 Å². The van der Waals surface area contributed by atoms with Gasteiger partial charge < -0.3 is 39.8 Å². The largest absolute Gasteiger partial charge is 0.428 e. The molecule has 4 aliphatic rings. The van der Waals surface area contributed by atoms with Gasteiger partial charge in [-0.3, -0.25) is 24.0 Å². The highest BCUT2D eigenvalue weighted by Crippen LogP contribution is 2.51. The van der Waals surface area contributed by atoms with E-state index < -0.39 is 109 Å². The van der Waals surface area contributed by atoms with E-state index in [1.807, 2.05) is 0 Å². The Labute approximate surface area is 335 Å². The van der Waals surface area contributed by atoms with Crippen LogP contribution < -0.4 is 11.1 Å². The molecule has 4 aliphatic heterocycles. The first-order chi connectivity index (χ1) is 25.9. The molecule has 1 aromatic rings. The molecule has 0 aliphatic carbocycles. The second kappa shape index (κ2) is 18.1. The summed E-state index contributed by atoms with van der Waals surface area (Å²) in [4.78, 5) is 90.1. The Kier molecular flexibility index (Phi) is 14.5. The third-order valence-electron chi connectivity index (χ3n) is 10.5. The minimum atomic E-state index is -3.75. The summed E-state index contributed by atoms with van der Waals surface area (Å²) >= 11 is 1.36. The van der Waals surface area contributed by atoms with Crippen LogP contribution in [0.2, 0.25) is 0 Å². The fraction of sp³-hybridized carbons (Fsp3) is 0.639. The fourth-order valence-electron chi connectivity index (χ4n) is 7.25. The molecule has 0 spiro atoms. The second-order valence-corrected chi connectivity index (χ2v) is 19.4. The van der Waals surface area contributed by atoms with E-state index in [-0.39, 0.29) is 31.7 Å². The lowest BCUT2D eigenvalue weighted by molar-refractivity contribution is -0.177. The molecule has 4 saturated heterocycles. The molecule has 5 rings (SSSR count). The summed E-state index contributed by atoms with van der Waals surface area (Å²) in [5.41, 5.74) is 6.68. The molecule has 310 valence electrons. The van der Waals surface area contributed by atoms with Crippen LogP contribution in [0, 0.1) is 0 Å². The molecule has 20 heteroatoms. The van der Waals surface area contributed by atoms with Crippen molar-refractivity contribution in [3.05, 3.63) is 35.9 Å². The number of sulfone groups is 1. The van der Waals surface area contributed by atoms with E-state index in [4.69, 9.17) is 24.7 Å². The first-order valence-corrected chi connectivity index (χ1v) is 20.6. The third kappa shape index (κ3) is 9.10. The standard InChI is InChI=1S/C36H48N4O13S2.ClH/c1-35(2)28(40-31(45)27(32(40)54-35)38-30(44)26(37)21-14-10-9-11-15-21)33(46)52-19-50-24(42)16-12-7-5-6-8-13-17-25(43)51-20-53-34(47)29-36(3,4)55(48,49)23-18-22(41)39(23)29;/h9-11,14-15,23,26-29,32H,5-8,12-13,16-20,37H2,1-4H3,(H,38,44);1H/t23-,26?,27-,28+,29+,32-;/m1./s1. The van der Waals surface area contributed by atoms with Crippen LogP contribution in [0.3, 0.4) is 0 Å². The van der Waals surface area contributed by atoms with E-state index in [9.17, 15) is 42.0 Å². The smallest absolute Gasteiger partial charge is 0.333 e. The molecule has 17 nitrogen and oxygen atoms in total. The molecule has 0 bridgehead atoms. The van der Waals surface area contributed by atoms with Crippen LogP contribution in [0.15, 0.2) is 30.3 Å². The van der Waals surface area contributed by atoms with Crippen molar-refractivity contribution in [2.75, 3.05) is 13.6 Å². The van der Waals surface area contributed by atoms with E-state index >= 15 is 0 Å². The number of nitrogens with one attached hydrogen (secondary N) is 1. The van der Waals surface area contributed by atoms with Crippen molar-refractivity contribution in [1.29, 1.82) is 0 Å². The topological polar surface area (TPSA) is 235 Å². The van der Waals surface area contributed by atoms with Crippen LogP contribution in [-0.2, 0) is 62.3 Å². The molecular formula is C36H49ClN4O13S2. The van der Waals surface area contributed by atoms with Crippen LogP contribution in [0.4, 0.5) is 0 Å². The quantitative estimate of drug-likeness (QED) is 0.0931. The van der Waals surface area contributed by atoms with E-state index in [1.54, 1.807) is 44.2 Å². The summed E-state index contributed by atoms with van der Waals surface area (Å²) in [5.74, 6) is -4.17. The summed E-state index contributed by atoms with van der Waals surface area (Å²) in [6, 6.07) is 4.73. The van der Waals surface area contributed by atoms with Crippen molar-refractivity contribution in [3.8, 4) is 0 Å². The first kappa shape index (κ1) is 44.8. The van der Waals surface area contributed by atoms with E-state index in [2.05, 4.69) is 5.32 Å². The Hall–Kier alpha value is -3.94. The third-order valence-corrected chi connectivity index (χ3v) is 14.8. The fourth-order valence-corrected chi connectivity index (χ4v) is 11.0. The molecule has 0 saturated carbocycles. The number of amides is 3. The zero-order chi connectivity index (χ0) is 40.3. The predicted octanol–water partition coefficient (Wildman–Crippen LogP) is 2.00. The number of ether oxygens (including phenoxy) is 4. The molecule has 3 amide bonds. The molecule has 6 atom stereocenters. The van der Waals surface area contributed by atoms with Gasteiger partial charge in [-0.25, -0.2) is 18.0 Å². The lowest BCUT2D eigenvalue weighted by Crippen LogP contribution is -2.71. The van der Waals surface area contributed by atoms with Crippen molar-refractivity contribution in [2.24, 2.45) is 5.73 Å². The number of halogens is 1. The van der Waals surface area contributed by atoms with Gasteiger partial charge in [0.15, 0.2) is 9.84 Å². The number of carbonyl (C=O) groups is 7. The number of hydrogen-bond acceptors (Lipinski definition) is 15. The highest BCUT2D eigenvalue weighted by Gasteiger charge is 2.68. The Morgan fingerprint density at radius 2 is 1.34 bits per heavy atom. The van der Waals surface area contributed by atoms with Gasteiger partial charge in [-0.05, 0) is 46.1 Å². The molecule has 4 heterocycles. The Morgan fingerprint density at radius 3 is 1.88 bits per heavy atom. The number of nitrogens with two attached hydrogens (primary N) is 1. The maximum atomic E-state index is 13.0. The van der Waals surface area contributed by atoms with Crippen LogP contribution in [0.5, 0.6) is 0 Å². The molecule has 0 radical (unpaired) electrons. The van der Waals surface area contributed by atoms with Gasteiger partial charge in [0.05, 0.1) is 11.2 Å². The van der Waals surface area contributed by atoms with Crippen LogP contribution >= 0.6 is 24.2 Å². The van der Waals surface area contributed by atoms with E-state index in [0.717, 1.165) is 24.2 Å². The molecule has 0 aromatic heterocycles. The van der Waals surface area contributed by atoms with Gasteiger partial charge >= 0.3 is 23.9 Å². The zero-order valence-electron chi connectivity index (χ0n) is 31.6. The highest BCUT2D eigenvalue weighted by atomic mass is 35.5. The van der Waals surface area contributed by atoms with Crippen molar-refractivity contribution in [2.45, 2.75) is 130 Å². The van der Waals surface area contributed by atoms with E-state index in [1.165, 1.54) is 30.5 Å². The van der Waals surface area contributed by atoms with Gasteiger partial charge in [0, 0.05) is 17.6 Å². The van der Waals surface area contributed by atoms with Gasteiger partial charge in [-0.2, -0.15) is 0 Å². The second-order valence-electron chi connectivity index (χ2n) is 15.0. The number of thioether (sulfide) groups is 1. The monoisotopic (exact) mass is 844 g/mol. The lowest BCUT2D eigenvalue weighted by atomic mass is 9.95. The number of β-lactam (4-membered cyclic amide) rings is 2. The highest BCUT2D eigenvalue weighted by molar-refractivity contribution is 8.01. The Balaban J connectivity index is 0.00000696. The molecule has 56 heavy (non-hydrogen) atoms. The van der Waals surface area contributed by atoms with Gasteiger partial charge in [0.1, 0.15) is 34.9 Å². The Morgan fingerprint density at radius 1 is 0.821 bits per heavy atom. The average molecular weight is 845 g/mol.